The van der Waals surface area contributed by atoms with Gasteiger partial charge < -0.3 is 0 Å². The zero-order valence-electron chi connectivity index (χ0n) is 10.1. The van der Waals surface area contributed by atoms with Crippen molar-refractivity contribution in [3.63, 3.8) is 0 Å². The van der Waals surface area contributed by atoms with E-state index < -0.39 is 17.5 Å². The number of carbonyl (C=O) groups is 1. The van der Waals surface area contributed by atoms with Gasteiger partial charge in [0.2, 0.25) is 0 Å². The van der Waals surface area contributed by atoms with Crippen LogP contribution in [0.15, 0.2) is 47.2 Å². The highest BCUT2D eigenvalue weighted by molar-refractivity contribution is 9.10. The number of carbonyl (C=O) groups excluding carboxylic acids is 1. The standard InChI is InChI=1S/C14H9BrF3NO/c15-10-5-9(7-19-8-10)6-13(20)11-3-1-2-4-12(11)14(16,17)18/h1-5,7-8H,6H2. The molecule has 0 saturated heterocycles. The number of hydrogen-bond acceptors (Lipinski definition) is 2. The van der Waals surface area contributed by atoms with Crippen molar-refractivity contribution < 1.29 is 18.0 Å². The van der Waals surface area contributed by atoms with Gasteiger partial charge in [0.1, 0.15) is 0 Å². The van der Waals surface area contributed by atoms with Crippen LogP contribution in [0.4, 0.5) is 13.2 Å². The molecule has 0 saturated carbocycles. The van der Waals surface area contributed by atoms with Gasteiger partial charge >= 0.3 is 6.18 Å². The third-order valence-corrected chi connectivity index (χ3v) is 3.09. The van der Waals surface area contributed by atoms with E-state index in [2.05, 4.69) is 20.9 Å². The van der Waals surface area contributed by atoms with E-state index >= 15 is 0 Å². The summed E-state index contributed by atoms with van der Waals surface area (Å²) in [5, 5.41) is 0. The maximum Gasteiger partial charge on any atom is 0.417 e. The van der Waals surface area contributed by atoms with Crippen LogP contribution in [-0.2, 0) is 12.6 Å². The van der Waals surface area contributed by atoms with E-state index in [9.17, 15) is 18.0 Å². The van der Waals surface area contributed by atoms with Crippen molar-refractivity contribution in [2.24, 2.45) is 0 Å². The van der Waals surface area contributed by atoms with Crippen LogP contribution in [0.3, 0.4) is 0 Å². The third-order valence-electron chi connectivity index (χ3n) is 2.66. The zero-order chi connectivity index (χ0) is 14.8. The number of hydrogen-bond donors (Lipinski definition) is 0. The van der Waals surface area contributed by atoms with E-state index in [0.29, 0.717) is 10.0 Å². The average molecular weight is 344 g/mol. The smallest absolute Gasteiger partial charge is 0.294 e. The van der Waals surface area contributed by atoms with E-state index in [1.807, 2.05) is 0 Å². The average Bonchev–Trinajstić information content (AvgIpc) is 2.37. The van der Waals surface area contributed by atoms with Gasteiger partial charge in [0.25, 0.3) is 0 Å². The van der Waals surface area contributed by atoms with Gasteiger partial charge in [-0.1, -0.05) is 18.2 Å². The molecule has 1 aromatic carbocycles. The molecule has 0 spiro atoms. The Hall–Kier alpha value is -1.69. The van der Waals surface area contributed by atoms with Crippen molar-refractivity contribution in [2.75, 3.05) is 0 Å². The Bertz CT molecular complexity index is 640. The molecule has 1 aromatic heterocycles. The van der Waals surface area contributed by atoms with Crippen molar-refractivity contribution in [2.45, 2.75) is 12.6 Å². The summed E-state index contributed by atoms with van der Waals surface area (Å²) >= 11 is 3.20. The summed E-state index contributed by atoms with van der Waals surface area (Å²) in [6, 6.07) is 6.44. The minimum absolute atomic E-state index is 0.125. The number of halogens is 4. The number of Topliss-reactive ketones (excluding diaryl/α,β-unsaturated/α-hetero) is 1. The Morgan fingerprint density at radius 2 is 1.90 bits per heavy atom. The fourth-order valence-electron chi connectivity index (χ4n) is 1.81. The molecule has 0 unspecified atom stereocenters. The van der Waals surface area contributed by atoms with Crippen LogP contribution in [0.25, 0.3) is 0 Å². The van der Waals surface area contributed by atoms with Crippen molar-refractivity contribution in [3.05, 3.63) is 63.9 Å². The molecule has 2 aromatic rings. The van der Waals surface area contributed by atoms with E-state index in [-0.39, 0.29) is 12.0 Å². The topological polar surface area (TPSA) is 30.0 Å². The highest BCUT2D eigenvalue weighted by Gasteiger charge is 2.34. The van der Waals surface area contributed by atoms with E-state index in [1.54, 1.807) is 6.07 Å². The maximum absolute atomic E-state index is 12.8. The first-order valence-electron chi connectivity index (χ1n) is 5.67. The number of aromatic nitrogens is 1. The lowest BCUT2D eigenvalue weighted by Gasteiger charge is -2.11. The molecule has 104 valence electrons. The molecule has 1 heterocycles. The van der Waals surface area contributed by atoms with Gasteiger partial charge in [-0.3, -0.25) is 9.78 Å². The third kappa shape index (κ3) is 3.45. The SMILES string of the molecule is O=C(Cc1cncc(Br)c1)c1ccccc1C(F)(F)F. The lowest BCUT2D eigenvalue weighted by Crippen LogP contribution is -2.14. The predicted molar refractivity (Wildman–Crippen MR) is 71.4 cm³/mol. The minimum atomic E-state index is -4.54. The van der Waals surface area contributed by atoms with Crippen LogP contribution in [0.2, 0.25) is 0 Å². The van der Waals surface area contributed by atoms with Gasteiger partial charge in [-0.15, -0.1) is 0 Å². The van der Waals surface area contributed by atoms with Crippen LogP contribution in [0.5, 0.6) is 0 Å². The van der Waals surface area contributed by atoms with Crippen molar-refractivity contribution in [3.8, 4) is 0 Å². The van der Waals surface area contributed by atoms with Crippen molar-refractivity contribution in [1.29, 1.82) is 0 Å². The molecule has 0 aliphatic carbocycles. The Labute approximate surface area is 121 Å². The number of nitrogens with zero attached hydrogens (tertiary/aromatic N) is 1. The highest BCUT2D eigenvalue weighted by Crippen LogP contribution is 2.32. The monoisotopic (exact) mass is 343 g/mol. The van der Waals surface area contributed by atoms with Gasteiger partial charge in [0.15, 0.2) is 5.78 Å². The Morgan fingerprint density at radius 1 is 1.20 bits per heavy atom. The molecule has 20 heavy (non-hydrogen) atoms. The summed E-state index contributed by atoms with van der Waals surface area (Å²) < 4.78 is 39.2. The van der Waals surface area contributed by atoms with Gasteiger partial charge in [-0.25, -0.2) is 0 Å². The van der Waals surface area contributed by atoms with Crippen molar-refractivity contribution in [1.82, 2.24) is 4.98 Å². The van der Waals surface area contributed by atoms with Gasteiger partial charge in [0.05, 0.1) is 5.56 Å². The Kier molecular flexibility index (Phi) is 4.23. The summed E-state index contributed by atoms with van der Waals surface area (Å²) in [5.41, 5.74) is -0.672. The van der Waals surface area contributed by atoms with Gasteiger partial charge in [0, 0.05) is 28.9 Å². The molecule has 2 rings (SSSR count). The number of ketones is 1. The van der Waals surface area contributed by atoms with Crippen LogP contribution in [-0.4, -0.2) is 10.8 Å². The molecule has 2 nitrogen and oxygen atoms in total. The molecular formula is C14H9BrF3NO. The molecule has 6 heteroatoms. The first-order valence-corrected chi connectivity index (χ1v) is 6.46. The summed E-state index contributed by atoms with van der Waals surface area (Å²) in [6.07, 6.45) is -1.67. The lowest BCUT2D eigenvalue weighted by atomic mass is 9.99. The van der Waals surface area contributed by atoms with Crippen LogP contribution in [0.1, 0.15) is 21.5 Å². The molecule has 0 aliphatic rings. The maximum atomic E-state index is 12.8. The number of alkyl halides is 3. The second kappa shape index (κ2) is 5.75. The summed E-state index contributed by atoms with van der Waals surface area (Å²) in [4.78, 5) is 15.9. The summed E-state index contributed by atoms with van der Waals surface area (Å²) in [7, 11) is 0. The predicted octanol–water partition coefficient (Wildman–Crippen LogP) is 4.29. The lowest BCUT2D eigenvalue weighted by molar-refractivity contribution is -0.137. The second-order valence-electron chi connectivity index (χ2n) is 4.15. The minimum Gasteiger partial charge on any atom is -0.294 e. The number of rotatable bonds is 3. The molecule has 0 N–H and O–H groups in total. The largest absolute Gasteiger partial charge is 0.417 e. The van der Waals surface area contributed by atoms with Crippen molar-refractivity contribution >= 4 is 21.7 Å². The van der Waals surface area contributed by atoms with Crippen LogP contribution in [0, 0.1) is 0 Å². The van der Waals surface area contributed by atoms with Gasteiger partial charge in [-0.2, -0.15) is 13.2 Å². The highest BCUT2D eigenvalue weighted by atomic mass is 79.9. The quantitative estimate of drug-likeness (QED) is 0.778. The molecule has 0 fully saturated rings. The normalized spacial score (nSPS) is 11.4. The molecule has 0 atom stereocenters. The van der Waals surface area contributed by atoms with Crippen LogP contribution < -0.4 is 0 Å². The van der Waals surface area contributed by atoms with E-state index in [4.69, 9.17) is 0 Å². The molecule has 0 amide bonds. The second-order valence-corrected chi connectivity index (χ2v) is 5.07. The van der Waals surface area contributed by atoms with Gasteiger partial charge in [-0.05, 0) is 33.6 Å². The van der Waals surface area contributed by atoms with E-state index in [0.717, 1.165) is 6.07 Å². The first-order chi connectivity index (χ1) is 9.38. The molecule has 0 aliphatic heterocycles. The summed E-state index contributed by atoms with van der Waals surface area (Å²) in [5.74, 6) is -0.585. The first kappa shape index (κ1) is 14.7. The van der Waals surface area contributed by atoms with Crippen LogP contribution >= 0.6 is 15.9 Å². The van der Waals surface area contributed by atoms with E-state index in [1.165, 1.54) is 30.6 Å². The zero-order valence-corrected chi connectivity index (χ0v) is 11.7. The molecular weight excluding hydrogens is 335 g/mol. The summed E-state index contributed by atoms with van der Waals surface area (Å²) in [6.45, 7) is 0. The molecule has 0 radical (unpaired) electrons. The number of pyridine rings is 1. The molecule has 0 bridgehead atoms. The Balaban J connectivity index is 2.31. The fraction of sp³-hybridized carbons (Fsp3) is 0.143. The fourth-order valence-corrected chi connectivity index (χ4v) is 2.22. The Morgan fingerprint density at radius 3 is 2.55 bits per heavy atom. The number of benzene rings is 1.